The van der Waals surface area contributed by atoms with E-state index in [1.807, 2.05) is 42.5 Å². The highest BCUT2D eigenvalue weighted by molar-refractivity contribution is 7.15. The predicted molar refractivity (Wildman–Crippen MR) is 98.7 cm³/mol. The summed E-state index contributed by atoms with van der Waals surface area (Å²) in [5.41, 5.74) is 2.81. The summed E-state index contributed by atoms with van der Waals surface area (Å²) in [5.74, 6) is 2.35. The molecule has 126 valence electrons. The van der Waals surface area contributed by atoms with Crippen LogP contribution in [-0.4, -0.2) is 25.4 Å². The molecule has 0 saturated carbocycles. The highest BCUT2D eigenvalue weighted by Crippen LogP contribution is 2.41. The van der Waals surface area contributed by atoms with E-state index < -0.39 is 0 Å². The molecule has 5 nitrogen and oxygen atoms in total. The lowest BCUT2D eigenvalue weighted by Crippen LogP contribution is -2.02. The summed E-state index contributed by atoms with van der Waals surface area (Å²) in [7, 11) is 3.27. The van der Waals surface area contributed by atoms with Crippen molar-refractivity contribution in [3.63, 3.8) is 0 Å². The van der Waals surface area contributed by atoms with E-state index in [2.05, 4.69) is 9.98 Å². The number of thiazole rings is 1. The van der Waals surface area contributed by atoms with Crippen molar-refractivity contribution in [1.82, 2.24) is 4.98 Å². The smallest absolute Gasteiger partial charge is 0.210 e. The second-order valence-corrected chi connectivity index (χ2v) is 6.48. The van der Waals surface area contributed by atoms with Crippen LogP contribution in [0.3, 0.4) is 0 Å². The van der Waals surface area contributed by atoms with Crippen LogP contribution in [0.2, 0.25) is 0 Å². The van der Waals surface area contributed by atoms with Gasteiger partial charge in [0.2, 0.25) is 5.13 Å². The van der Waals surface area contributed by atoms with Gasteiger partial charge in [-0.3, -0.25) is 0 Å². The average Bonchev–Trinajstić information content (AvgIpc) is 3.09. The van der Waals surface area contributed by atoms with E-state index in [0.29, 0.717) is 11.7 Å². The molecule has 0 bridgehead atoms. The molecular weight excluding hydrogens is 336 g/mol. The Morgan fingerprint density at radius 1 is 1.16 bits per heavy atom. The van der Waals surface area contributed by atoms with Gasteiger partial charge < -0.3 is 14.2 Å². The Morgan fingerprint density at radius 3 is 2.88 bits per heavy atom. The molecule has 4 rings (SSSR count). The van der Waals surface area contributed by atoms with Gasteiger partial charge in [-0.25, -0.2) is 9.98 Å². The highest BCUT2D eigenvalue weighted by atomic mass is 32.1. The van der Waals surface area contributed by atoms with Crippen LogP contribution in [-0.2, 0) is 6.61 Å². The van der Waals surface area contributed by atoms with Crippen LogP contribution in [0.15, 0.2) is 47.5 Å². The molecule has 6 heteroatoms. The Balaban J connectivity index is 1.67. The monoisotopic (exact) mass is 352 g/mol. The van der Waals surface area contributed by atoms with Gasteiger partial charge in [-0.2, -0.15) is 0 Å². The fraction of sp³-hybridized carbons (Fsp3) is 0.158. The summed E-state index contributed by atoms with van der Waals surface area (Å²) in [4.78, 5) is 10.3. The van der Waals surface area contributed by atoms with Crippen LogP contribution in [0.4, 0.5) is 5.13 Å². The van der Waals surface area contributed by atoms with Crippen molar-refractivity contribution >= 4 is 22.7 Å². The Morgan fingerprint density at radius 2 is 2.04 bits per heavy atom. The van der Waals surface area contributed by atoms with Crippen molar-refractivity contribution in [2.75, 3.05) is 14.2 Å². The zero-order chi connectivity index (χ0) is 17.2. The molecule has 2 aromatic carbocycles. The summed E-state index contributed by atoms with van der Waals surface area (Å²) < 4.78 is 16.4. The summed E-state index contributed by atoms with van der Waals surface area (Å²) in [6.45, 7) is 0.530. The van der Waals surface area contributed by atoms with E-state index in [0.717, 1.165) is 38.9 Å². The Kier molecular flexibility index (Phi) is 4.11. The van der Waals surface area contributed by atoms with Crippen molar-refractivity contribution in [3.8, 4) is 28.5 Å². The van der Waals surface area contributed by atoms with Crippen LogP contribution in [0, 0.1) is 0 Å². The molecule has 1 aliphatic rings. The third-order valence-corrected chi connectivity index (χ3v) is 4.87. The lowest BCUT2D eigenvalue weighted by Gasteiger charge is -2.15. The molecule has 0 saturated heterocycles. The lowest BCUT2D eigenvalue weighted by molar-refractivity contribution is 0.305. The van der Waals surface area contributed by atoms with Gasteiger partial charge in [-0.15, -0.1) is 0 Å². The Bertz CT molecular complexity index is 950. The number of hydrogen-bond donors (Lipinski definition) is 0. The third-order valence-electron chi connectivity index (χ3n) is 3.94. The highest BCUT2D eigenvalue weighted by Gasteiger charge is 2.21. The van der Waals surface area contributed by atoms with Crippen LogP contribution >= 0.6 is 11.3 Å². The number of ether oxygens (including phenoxy) is 3. The van der Waals surface area contributed by atoms with Crippen molar-refractivity contribution in [1.29, 1.82) is 0 Å². The maximum absolute atomic E-state index is 5.77. The normalized spacial score (nSPS) is 12.4. The first-order valence-electron chi connectivity index (χ1n) is 7.76. The van der Waals surface area contributed by atoms with Gasteiger partial charge in [0.15, 0.2) is 0 Å². The fourth-order valence-corrected chi connectivity index (χ4v) is 3.53. The van der Waals surface area contributed by atoms with Crippen molar-refractivity contribution in [2.45, 2.75) is 6.61 Å². The van der Waals surface area contributed by atoms with Crippen LogP contribution < -0.4 is 14.2 Å². The number of aliphatic imine (C=N–C) groups is 1. The molecule has 0 fully saturated rings. The van der Waals surface area contributed by atoms with Crippen LogP contribution in [0.5, 0.6) is 17.2 Å². The molecular formula is C19H16N2O3S. The summed E-state index contributed by atoms with van der Waals surface area (Å²) in [6.07, 6.45) is 1.75. The maximum Gasteiger partial charge on any atom is 0.210 e. The fourth-order valence-electron chi connectivity index (χ4n) is 2.70. The molecule has 25 heavy (non-hydrogen) atoms. The molecule has 0 amide bonds. The second kappa shape index (κ2) is 6.57. The van der Waals surface area contributed by atoms with Gasteiger partial charge in [0.25, 0.3) is 0 Å². The SMILES string of the molecule is COc1ccc(OC)c(/C=N/c2nc3c(s2)COc2ccccc2-3)c1. The van der Waals surface area contributed by atoms with Gasteiger partial charge in [0, 0.05) is 17.3 Å². The molecule has 0 spiro atoms. The third kappa shape index (κ3) is 2.96. The van der Waals surface area contributed by atoms with Crippen molar-refractivity contribution < 1.29 is 14.2 Å². The predicted octanol–water partition coefficient (Wildman–Crippen LogP) is 4.47. The van der Waals surface area contributed by atoms with Crippen LogP contribution in [0.1, 0.15) is 10.4 Å². The number of rotatable bonds is 4. The average molecular weight is 352 g/mol. The van der Waals surface area contributed by atoms with Gasteiger partial charge in [-0.1, -0.05) is 23.5 Å². The number of fused-ring (bicyclic) bond motifs is 3. The molecule has 0 unspecified atom stereocenters. The van der Waals surface area contributed by atoms with E-state index in [-0.39, 0.29) is 0 Å². The molecule has 1 aromatic heterocycles. The zero-order valence-electron chi connectivity index (χ0n) is 13.9. The molecule has 3 aromatic rings. The van der Waals surface area contributed by atoms with Gasteiger partial charge in [-0.05, 0) is 30.3 Å². The number of nitrogens with zero attached hydrogens (tertiary/aromatic N) is 2. The van der Waals surface area contributed by atoms with E-state index in [4.69, 9.17) is 14.2 Å². The van der Waals surface area contributed by atoms with E-state index in [1.165, 1.54) is 11.3 Å². The quantitative estimate of drug-likeness (QED) is 0.650. The zero-order valence-corrected chi connectivity index (χ0v) is 14.7. The van der Waals surface area contributed by atoms with E-state index >= 15 is 0 Å². The largest absolute Gasteiger partial charge is 0.497 e. The van der Waals surface area contributed by atoms with Crippen LogP contribution in [0.25, 0.3) is 11.3 Å². The molecule has 2 heterocycles. The van der Waals surface area contributed by atoms with Crippen molar-refractivity contribution in [3.05, 3.63) is 52.9 Å². The Labute approximate surface area is 149 Å². The molecule has 1 aliphatic heterocycles. The van der Waals surface area contributed by atoms with Gasteiger partial charge in [0.05, 0.1) is 24.8 Å². The van der Waals surface area contributed by atoms with E-state index in [9.17, 15) is 0 Å². The molecule has 0 N–H and O–H groups in total. The maximum atomic E-state index is 5.77. The number of hydrogen-bond acceptors (Lipinski definition) is 6. The minimum atomic E-state index is 0.530. The molecule has 0 atom stereocenters. The first-order valence-corrected chi connectivity index (χ1v) is 8.58. The topological polar surface area (TPSA) is 52.9 Å². The standard InChI is InChI=1S/C19H16N2O3S/c1-22-13-7-8-15(23-2)12(9-13)10-20-19-21-18-14-5-3-4-6-16(14)24-11-17(18)25-19/h3-10H,11H2,1-2H3/b20-10+. The minimum absolute atomic E-state index is 0.530. The summed E-state index contributed by atoms with van der Waals surface area (Å²) in [5, 5.41) is 0.690. The molecule has 0 aliphatic carbocycles. The number of methoxy groups -OCH3 is 2. The Hall–Kier alpha value is -2.86. The van der Waals surface area contributed by atoms with Gasteiger partial charge >= 0.3 is 0 Å². The number of para-hydroxylation sites is 1. The number of aromatic nitrogens is 1. The minimum Gasteiger partial charge on any atom is -0.497 e. The second-order valence-electron chi connectivity index (χ2n) is 5.42. The number of benzene rings is 2. The first-order chi connectivity index (χ1) is 12.3. The lowest BCUT2D eigenvalue weighted by atomic mass is 10.1. The first kappa shape index (κ1) is 15.7. The van der Waals surface area contributed by atoms with Gasteiger partial charge in [0.1, 0.15) is 23.9 Å². The summed E-state index contributed by atoms with van der Waals surface area (Å²) >= 11 is 1.54. The summed E-state index contributed by atoms with van der Waals surface area (Å²) in [6, 6.07) is 13.5. The van der Waals surface area contributed by atoms with E-state index in [1.54, 1.807) is 20.4 Å². The van der Waals surface area contributed by atoms with Crippen molar-refractivity contribution in [2.24, 2.45) is 4.99 Å². The molecule has 0 radical (unpaired) electrons.